The SMILES string of the molecule is CC(C)C(=O)NCCNS(=O)(=O)c1c(Br)nnn1C. The normalized spacial score (nSPS) is 11.8. The van der Waals surface area contributed by atoms with Crippen molar-refractivity contribution in [3.8, 4) is 0 Å². The fraction of sp³-hybridized carbons (Fsp3) is 0.667. The number of hydrogen-bond acceptors (Lipinski definition) is 5. The molecule has 0 aliphatic carbocycles. The maximum absolute atomic E-state index is 12.0. The minimum Gasteiger partial charge on any atom is -0.355 e. The van der Waals surface area contributed by atoms with E-state index in [9.17, 15) is 13.2 Å². The average Bonchev–Trinajstić information content (AvgIpc) is 2.64. The predicted molar refractivity (Wildman–Crippen MR) is 71.7 cm³/mol. The average molecular weight is 354 g/mol. The van der Waals surface area contributed by atoms with Crippen LogP contribution in [0.2, 0.25) is 0 Å². The lowest BCUT2D eigenvalue weighted by atomic mass is 10.2. The Morgan fingerprint density at radius 1 is 1.42 bits per heavy atom. The van der Waals surface area contributed by atoms with Crippen LogP contribution in [0.4, 0.5) is 0 Å². The van der Waals surface area contributed by atoms with Gasteiger partial charge in [0.15, 0.2) is 4.60 Å². The van der Waals surface area contributed by atoms with E-state index >= 15 is 0 Å². The molecule has 1 rings (SSSR count). The largest absolute Gasteiger partial charge is 0.355 e. The third-order valence-corrected chi connectivity index (χ3v) is 4.58. The lowest BCUT2D eigenvalue weighted by Crippen LogP contribution is -2.36. The van der Waals surface area contributed by atoms with Gasteiger partial charge in [0, 0.05) is 26.1 Å². The number of carbonyl (C=O) groups is 1. The van der Waals surface area contributed by atoms with Gasteiger partial charge in [0.05, 0.1) is 0 Å². The Morgan fingerprint density at radius 3 is 2.53 bits per heavy atom. The fourth-order valence-electron chi connectivity index (χ4n) is 1.25. The van der Waals surface area contributed by atoms with E-state index in [1.807, 2.05) is 0 Å². The van der Waals surface area contributed by atoms with Gasteiger partial charge in [-0.1, -0.05) is 19.1 Å². The van der Waals surface area contributed by atoms with E-state index in [0.717, 1.165) is 4.68 Å². The molecule has 0 saturated carbocycles. The highest BCUT2D eigenvalue weighted by Crippen LogP contribution is 2.16. The zero-order chi connectivity index (χ0) is 14.6. The number of aromatic nitrogens is 3. The molecule has 0 spiro atoms. The van der Waals surface area contributed by atoms with Crippen molar-refractivity contribution in [2.24, 2.45) is 13.0 Å². The van der Waals surface area contributed by atoms with E-state index in [0.29, 0.717) is 0 Å². The Balaban J connectivity index is 2.56. The molecule has 0 aliphatic heterocycles. The number of nitrogens with one attached hydrogen (secondary N) is 2. The zero-order valence-electron chi connectivity index (χ0n) is 10.8. The predicted octanol–water partition coefficient (Wildman–Crippen LogP) is -0.372. The Kier molecular flexibility index (Phi) is 5.44. The van der Waals surface area contributed by atoms with Crippen LogP contribution in [0.15, 0.2) is 9.63 Å². The van der Waals surface area contributed by atoms with Gasteiger partial charge in [0.1, 0.15) is 0 Å². The van der Waals surface area contributed by atoms with Crippen molar-refractivity contribution in [2.75, 3.05) is 13.1 Å². The highest BCUT2D eigenvalue weighted by atomic mass is 79.9. The van der Waals surface area contributed by atoms with Gasteiger partial charge in [-0.15, -0.1) is 5.10 Å². The number of aryl methyl sites for hydroxylation is 1. The van der Waals surface area contributed by atoms with Crippen LogP contribution in [0.1, 0.15) is 13.8 Å². The Bertz CT molecular complexity index is 535. The molecule has 0 saturated heterocycles. The summed E-state index contributed by atoms with van der Waals surface area (Å²) >= 11 is 3.02. The molecule has 2 N–H and O–H groups in total. The zero-order valence-corrected chi connectivity index (χ0v) is 13.2. The molecule has 108 valence electrons. The van der Waals surface area contributed by atoms with E-state index in [1.54, 1.807) is 13.8 Å². The van der Waals surface area contributed by atoms with Gasteiger partial charge >= 0.3 is 0 Å². The van der Waals surface area contributed by atoms with Crippen molar-refractivity contribution in [3.05, 3.63) is 4.60 Å². The van der Waals surface area contributed by atoms with Gasteiger partial charge in [0.2, 0.25) is 10.9 Å². The van der Waals surface area contributed by atoms with Gasteiger partial charge in [-0.25, -0.2) is 17.8 Å². The Hall–Kier alpha value is -1.00. The first-order valence-electron chi connectivity index (χ1n) is 5.58. The summed E-state index contributed by atoms with van der Waals surface area (Å²) in [5.74, 6) is -0.255. The summed E-state index contributed by atoms with van der Waals surface area (Å²) in [6.07, 6.45) is 0. The summed E-state index contributed by atoms with van der Waals surface area (Å²) in [4.78, 5) is 11.3. The van der Waals surface area contributed by atoms with Crippen LogP contribution in [0.3, 0.4) is 0 Å². The summed E-state index contributed by atoms with van der Waals surface area (Å²) in [6, 6.07) is 0. The molecule has 0 radical (unpaired) electrons. The lowest BCUT2D eigenvalue weighted by molar-refractivity contribution is -0.123. The second-order valence-corrected chi connectivity index (χ2v) is 6.59. The number of nitrogens with zero attached hydrogens (tertiary/aromatic N) is 3. The summed E-state index contributed by atoms with van der Waals surface area (Å²) < 4.78 is 27.6. The molecule has 0 aliphatic rings. The molecule has 1 amide bonds. The maximum atomic E-state index is 12.0. The first-order chi connectivity index (χ1) is 8.75. The highest BCUT2D eigenvalue weighted by Gasteiger charge is 2.23. The standard InChI is InChI=1S/C9H16BrN5O3S/c1-6(2)8(16)11-4-5-12-19(17,18)9-7(10)13-14-15(9)3/h6,12H,4-5H2,1-3H3,(H,11,16). The molecule has 1 aromatic rings. The number of sulfonamides is 1. The molecule has 0 aromatic carbocycles. The van der Waals surface area contributed by atoms with E-state index in [-0.39, 0.29) is 34.5 Å². The fourth-order valence-corrected chi connectivity index (χ4v) is 3.37. The molecule has 1 heterocycles. The van der Waals surface area contributed by atoms with E-state index < -0.39 is 10.0 Å². The minimum absolute atomic E-state index is 0.0531. The van der Waals surface area contributed by atoms with Crippen LogP contribution in [0.25, 0.3) is 0 Å². The maximum Gasteiger partial charge on any atom is 0.260 e. The summed E-state index contributed by atoms with van der Waals surface area (Å²) in [5, 5.41) is 9.76. The molecule has 0 bridgehead atoms. The van der Waals surface area contributed by atoms with Crippen LogP contribution in [0, 0.1) is 5.92 Å². The van der Waals surface area contributed by atoms with Crippen molar-refractivity contribution >= 4 is 31.9 Å². The number of hydrogen-bond donors (Lipinski definition) is 2. The molecule has 1 aromatic heterocycles. The van der Waals surface area contributed by atoms with Crippen molar-refractivity contribution < 1.29 is 13.2 Å². The van der Waals surface area contributed by atoms with Gasteiger partial charge in [0.25, 0.3) is 10.0 Å². The lowest BCUT2D eigenvalue weighted by Gasteiger charge is -2.09. The summed E-state index contributed by atoms with van der Waals surface area (Å²) in [6.45, 7) is 3.84. The smallest absolute Gasteiger partial charge is 0.260 e. The Labute approximate surface area is 120 Å². The van der Waals surface area contributed by atoms with Crippen molar-refractivity contribution in [1.29, 1.82) is 0 Å². The third-order valence-electron chi connectivity index (χ3n) is 2.23. The molecular formula is C9H16BrN5O3S. The van der Waals surface area contributed by atoms with Crippen LogP contribution >= 0.6 is 15.9 Å². The van der Waals surface area contributed by atoms with Crippen molar-refractivity contribution in [1.82, 2.24) is 25.0 Å². The van der Waals surface area contributed by atoms with Crippen LogP contribution in [-0.2, 0) is 21.9 Å². The summed E-state index contributed by atoms with van der Waals surface area (Å²) in [7, 11) is -2.23. The van der Waals surface area contributed by atoms with E-state index in [2.05, 4.69) is 36.3 Å². The number of halogens is 1. The van der Waals surface area contributed by atoms with E-state index in [4.69, 9.17) is 0 Å². The monoisotopic (exact) mass is 353 g/mol. The van der Waals surface area contributed by atoms with Gasteiger partial charge in [-0.2, -0.15) is 0 Å². The number of carbonyl (C=O) groups excluding carboxylic acids is 1. The first kappa shape index (κ1) is 16.1. The molecule has 0 fully saturated rings. The minimum atomic E-state index is -3.71. The van der Waals surface area contributed by atoms with Crippen molar-refractivity contribution in [2.45, 2.75) is 18.9 Å². The van der Waals surface area contributed by atoms with Gasteiger partial charge < -0.3 is 5.32 Å². The van der Waals surface area contributed by atoms with Crippen LogP contribution < -0.4 is 10.0 Å². The second kappa shape index (κ2) is 6.44. The number of rotatable bonds is 6. The van der Waals surface area contributed by atoms with E-state index in [1.165, 1.54) is 7.05 Å². The molecule has 10 heteroatoms. The first-order valence-corrected chi connectivity index (χ1v) is 7.86. The quantitative estimate of drug-likeness (QED) is 0.678. The van der Waals surface area contributed by atoms with Crippen molar-refractivity contribution in [3.63, 3.8) is 0 Å². The molecule has 0 unspecified atom stereocenters. The Morgan fingerprint density at radius 2 is 2.05 bits per heavy atom. The second-order valence-electron chi connectivity index (χ2n) is 4.15. The van der Waals surface area contributed by atoms with Gasteiger partial charge in [-0.05, 0) is 15.9 Å². The highest BCUT2D eigenvalue weighted by molar-refractivity contribution is 9.10. The molecule has 19 heavy (non-hydrogen) atoms. The molecule has 8 nitrogen and oxygen atoms in total. The molecule has 0 atom stereocenters. The molecular weight excluding hydrogens is 338 g/mol. The number of amides is 1. The van der Waals surface area contributed by atoms with Gasteiger partial charge in [-0.3, -0.25) is 4.79 Å². The van der Waals surface area contributed by atoms with Crippen LogP contribution in [-0.4, -0.2) is 42.4 Å². The third kappa shape index (κ3) is 4.25. The topological polar surface area (TPSA) is 106 Å². The summed E-state index contributed by atoms with van der Waals surface area (Å²) in [5.41, 5.74) is 0. The van der Waals surface area contributed by atoms with Crippen LogP contribution in [0.5, 0.6) is 0 Å².